The molecular weight excluding hydrogens is 459 g/mol. The van der Waals surface area contributed by atoms with Crippen LogP contribution in [0.1, 0.15) is 0 Å². The molecule has 4 aromatic carbocycles. The van der Waals surface area contributed by atoms with Crippen LogP contribution in [0.5, 0.6) is 0 Å². The van der Waals surface area contributed by atoms with Crippen LogP contribution in [0.15, 0.2) is 120 Å². The first-order valence-electron chi connectivity index (χ1n) is 11.9. The Hall–Kier alpha value is -4.33. The Morgan fingerprint density at radius 2 is 1.28 bits per heavy atom. The van der Waals surface area contributed by atoms with E-state index in [-0.39, 0.29) is 0 Å². The van der Waals surface area contributed by atoms with Crippen LogP contribution in [0.25, 0.3) is 66.4 Å². The highest BCUT2D eigenvalue weighted by molar-refractivity contribution is 7.27. The summed E-state index contributed by atoms with van der Waals surface area (Å²) in [4.78, 5) is 9.13. The van der Waals surface area contributed by atoms with Crippen molar-refractivity contribution in [2.45, 2.75) is 0 Å². The van der Waals surface area contributed by atoms with E-state index in [1.807, 2.05) is 30.5 Å². The van der Waals surface area contributed by atoms with E-state index in [0.717, 1.165) is 38.7 Å². The summed E-state index contributed by atoms with van der Waals surface area (Å²) in [5, 5.41) is 5.71. The third-order valence-electron chi connectivity index (χ3n) is 6.72. The van der Waals surface area contributed by atoms with E-state index in [2.05, 4.69) is 93.1 Å². The zero-order chi connectivity index (χ0) is 24.1. The van der Waals surface area contributed by atoms with Crippen LogP contribution in [0.4, 0.5) is 0 Å². The van der Waals surface area contributed by atoms with Crippen LogP contribution < -0.4 is 5.30 Å². The Kier molecular flexibility index (Phi) is 4.90. The maximum Gasteiger partial charge on any atom is 0.227 e. The summed E-state index contributed by atoms with van der Waals surface area (Å²) >= 11 is 0. The first kappa shape index (κ1) is 21.0. The minimum absolute atomic E-state index is 0.661. The summed E-state index contributed by atoms with van der Waals surface area (Å²) < 4.78 is 5.86. The second kappa shape index (κ2) is 8.41. The van der Waals surface area contributed by atoms with Crippen molar-refractivity contribution in [3.8, 4) is 33.5 Å². The molecule has 1 atom stereocenters. The van der Waals surface area contributed by atoms with Crippen LogP contribution in [0.3, 0.4) is 0 Å². The monoisotopic (exact) mass is 480 g/mol. The van der Waals surface area contributed by atoms with Gasteiger partial charge in [0.2, 0.25) is 5.71 Å². The Bertz CT molecular complexity index is 1890. The van der Waals surface area contributed by atoms with Crippen LogP contribution in [0.2, 0.25) is 0 Å². The van der Waals surface area contributed by atoms with Gasteiger partial charge in [0.25, 0.3) is 0 Å². The molecule has 4 heteroatoms. The highest BCUT2D eigenvalue weighted by Gasteiger charge is 2.10. The summed E-state index contributed by atoms with van der Waals surface area (Å²) in [6.45, 7) is 0. The number of nitrogens with zero attached hydrogens (tertiary/aromatic N) is 2. The third-order valence-corrected chi connectivity index (χ3v) is 7.11. The van der Waals surface area contributed by atoms with Crippen molar-refractivity contribution in [1.29, 1.82) is 0 Å². The topological polar surface area (TPSA) is 38.9 Å². The Morgan fingerprint density at radius 3 is 2.06 bits per heavy atom. The normalized spacial score (nSPS) is 11.5. The van der Waals surface area contributed by atoms with E-state index < -0.39 is 0 Å². The van der Waals surface area contributed by atoms with Gasteiger partial charge in [0, 0.05) is 34.3 Å². The van der Waals surface area contributed by atoms with E-state index in [9.17, 15) is 0 Å². The fraction of sp³-hybridized carbons (Fsp3) is 0. The maximum atomic E-state index is 5.86. The average Bonchev–Trinajstić information content (AvgIpc) is 3.31. The summed E-state index contributed by atoms with van der Waals surface area (Å²) in [5.41, 5.74) is 8.17. The van der Waals surface area contributed by atoms with E-state index in [1.165, 1.54) is 27.2 Å². The molecule has 0 saturated carbocycles. The molecule has 3 heterocycles. The molecule has 0 fully saturated rings. The van der Waals surface area contributed by atoms with E-state index >= 15 is 0 Å². The van der Waals surface area contributed by atoms with Gasteiger partial charge in [-0.1, -0.05) is 54.6 Å². The van der Waals surface area contributed by atoms with E-state index in [0.29, 0.717) is 5.71 Å². The largest absolute Gasteiger partial charge is 0.438 e. The van der Waals surface area contributed by atoms with Gasteiger partial charge in [-0.2, -0.15) is 0 Å². The average molecular weight is 481 g/mol. The molecular formula is C32H21N2OP. The van der Waals surface area contributed by atoms with Crippen LogP contribution in [0, 0.1) is 0 Å². The van der Waals surface area contributed by atoms with Crippen molar-refractivity contribution < 1.29 is 4.42 Å². The summed E-state index contributed by atoms with van der Waals surface area (Å²) in [6, 6.07) is 36.2. The van der Waals surface area contributed by atoms with Crippen molar-refractivity contribution >= 4 is 47.4 Å². The lowest BCUT2D eigenvalue weighted by atomic mass is 9.98. The minimum atomic E-state index is 0.661. The highest BCUT2D eigenvalue weighted by Crippen LogP contribution is 2.32. The third kappa shape index (κ3) is 3.66. The predicted octanol–water partition coefficient (Wildman–Crippen LogP) is 8.03. The Labute approximate surface area is 210 Å². The van der Waals surface area contributed by atoms with Crippen LogP contribution >= 0.6 is 9.24 Å². The van der Waals surface area contributed by atoms with Crippen LogP contribution in [-0.4, -0.2) is 9.97 Å². The molecule has 0 amide bonds. The molecule has 36 heavy (non-hydrogen) atoms. The molecule has 1 unspecified atom stereocenters. The molecule has 170 valence electrons. The minimum Gasteiger partial charge on any atom is -0.438 e. The Balaban J connectivity index is 1.23. The lowest BCUT2D eigenvalue weighted by Crippen LogP contribution is -1.88. The quantitative estimate of drug-likeness (QED) is 0.240. The molecule has 7 aromatic rings. The summed E-state index contributed by atoms with van der Waals surface area (Å²) in [6.07, 6.45) is 3.71. The second-order valence-electron chi connectivity index (χ2n) is 9.00. The van der Waals surface area contributed by atoms with Crippen molar-refractivity contribution in [3.63, 3.8) is 0 Å². The molecule has 3 nitrogen and oxygen atoms in total. The molecule has 0 saturated heterocycles. The van der Waals surface area contributed by atoms with Gasteiger partial charge in [0.05, 0.1) is 5.69 Å². The van der Waals surface area contributed by atoms with Gasteiger partial charge in [-0.3, -0.25) is 4.98 Å². The number of rotatable bonds is 3. The van der Waals surface area contributed by atoms with Crippen LogP contribution in [-0.2, 0) is 0 Å². The molecule has 0 radical (unpaired) electrons. The number of furan rings is 1. The molecule has 0 aliphatic heterocycles. The van der Waals surface area contributed by atoms with Crippen molar-refractivity contribution in [1.82, 2.24) is 9.97 Å². The maximum absolute atomic E-state index is 5.86. The number of hydrogen-bond donors (Lipinski definition) is 0. The molecule has 3 aromatic heterocycles. The number of benzene rings is 4. The lowest BCUT2D eigenvalue weighted by molar-refractivity contribution is 0.654. The summed E-state index contributed by atoms with van der Waals surface area (Å²) in [5.74, 6) is 0. The predicted molar refractivity (Wildman–Crippen MR) is 152 cm³/mol. The fourth-order valence-corrected chi connectivity index (χ4v) is 4.98. The van der Waals surface area contributed by atoms with E-state index in [1.54, 1.807) is 6.20 Å². The smallest absolute Gasteiger partial charge is 0.227 e. The lowest BCUT2D eigenvalue weighted by Gasteiger charge is -2.08. The molecule has 7 rings (SSSR count). The zero-order valence-electron chi connectivity index (χ0n) is 19.3. The molecule has 0 spiro atoms. The van der Waals surface area contributed by atoms with Gasteiger partial charge < -0.3 is 4.42 Å². The first-order valence-corrected chi connectivity index (χ1v) is 12.4. The second-order valence-corrected chi connectivity index (χ2v) is 9.67. The van der Waals surface area contributed by atoms with Gasteiger partial charge in [-0.05, 0) is 81.3 Å². The van der Waals surface area contributed by atoms with Crippen molar-refractivity contribution in [3.05, 3.63) is 116 Å². The van der Waals surface area contributed by atoms with E-state index in [4.69, 9.17) is 9.40 Å². The standard InChI is InChI=1S/C32H21N2OP/c36-27-11-7-20(8-12-27)22-5-3-21-4-6-23(17-26(21)16-22)25-9-13-30(34-19-25)24-10-14-31-29(18-24)28-2-1-15-33-32(28)35-31/h1-19H,36H2. The first-order chi connectivity index (χ1) is 17.7. The molecule has 0 bridgehead atoms. The van der Waals surface area contributed by atoms with Crippen molar-refractivity contribution in [2.24, 2.45) is 0 Å². The molecule has 0 aliphatic rings. The number of fused-ring (bicyclic) bond motifs is 4. The SMILES string of the molecule is Pc1ccc(-c2ccc3ccc(-c4ccc(-c5ccc6oc7ncccc7c6c5)nc4)cc3c2)cc1. The fourth-order valence-electron chi connectivity index (χ4n) is 4.79. The zero-order valence-corrected chi connectivity index (χ0v) is 20.5. The number of aromatic nitrogens is 2. The Morgan fingerprint density at radius 1 is 0.556 bits per heavy atom. The van der Waals surface area contributed by atoms with Crippen molar-refractivity contribution in [2.75, 3.05) is 0 Å². The highest BCUT2D eigenvalue weighted by atomic mass is 31.0. The van der Waals surface area contributed by atoms with Gasteiger partial charge >= 0.3 is 0 Å². The summed E-state index contributed by atoms with van der Waals surface area (Å²) in [7, 11) is 2.74. The van der Waals surface area contributed by atoms with Gasteiger partial charge in [0.15, 0.2) is 0 Å². The molecule has 0 aliphatic carbocycles. The van der Waals surface area contributed by atoms with Gasteiger partial charge in [-0.15, -0.1) is 9.24 Å². The number of hydrogen-bond acceptors (Lipinski definition) is 3. The molecule has 0 N–H and O–H groups in total. The van der Waals surface area contributed by atoms with Gasteiger partial charge in [-0.25, -0.2) is 4.98 Å². The van der Waals surface area contributed by atoms with Gasteiger partial charge in [0.1, 0.15) is 5.58 Å². The number of pyridine rings is 2.